The topological polar surface area (TPSA) is 75.9 Å². The van der Waals surface area contributed by atoms with Gasteiger partial charge in [-0.2, -0.15) is 0 Å². The van der Waals surface area contributed by atoms with Crippen LogP contribution >= 0.6 is 0 Å². The van der Waals surface area contributed by atoms with Gasteiger partial charge in [0, 0.05) is 5.56 Å². The number of aryl methyl sites for hydroxylation is 1. The zero-order valence-electron chi connectivity index (χ0n) is 11.0. The Bertz CT molecular complexity index is 730. The molecule has 0 radical (unpaired) electrons. The van der Waals surface area contributed by atoms with Crippen molar-refractivity contribution in [2.45, 2.75) is 18.4 Å². The van der Waals surface area contributed by atoms with Gasteiger partial charge in [0.1, 0.15) is 22.4 Å². The standard InChI is InChI=1S/C14H14FN2O2S/c1-10-6-7-12(15)13(8-10)17-20(18,19)14-5-3-2-4-11(14)9-16/h2-8H,9,16H2,1H3/q-1/p+1. The maximum atomic E-state index is 13.6. The fourth-order valence-corrected chi connectivity index (χ4v) is 3.08. The number of benzene rings is 2. The van der Waals surface area contributed by atoms with E-state index in [1.54, 1.807) is 31.2 Å². The van der Waals surface area contributed by atoms with Gasteiger partial charge in [-0.3, -0.25) is 0 Å². The Morgan fingerprint density at radius 3 is 2.60 bits per heavy atom. The van der Waals surface area contributed by atoms with Gasteiger partial charge in [-0.05, 0) is 19.1 Å². The molecule has 106 valence electrons. The quantitative estimate of drug-likeness (QED) is 0.939. The summed E-state index contributed by atoms with van der Waals surface area (Å²) in [6.07, 6.45) is 0. The van der Waals surface area contributed by atoms with Crippen LogP contribution < -0.4 is 5.73 Å². The molecule has 2 rings (SSSR count). The number of sulfonamides is 1. The molecule has 2 aromatic rings. The average Bonchev–Trinajstić information content (AvgIpc) is 2.42. The fraction of sp³-hybridized carbons (Fsp3) is 0.143. The van der Waals surface area contributed by atoms with Crippen molar-refractivity contribution >= 4 is 15.7 Å². The lowest BCUT2D eigenvalue weighted by Crippen LogP contribution is -2.47. The first-order valence-corrected chi connectivity index (χ1v) is 7.49. The lowest BCUT2D eigenvalue weighted by atomic mass is 10.2. The molecule has 20 heavy (non-hydrogen) atoms. The number of halogens is 1. The highest BCUT2D eigenvalue weighted by atomic mass is 32.2. The first kappa shape index (κ1) is 14.5. The van der Waals surface area contributed by atoms with Gasteiger partial charge in [0.15, 0.2) is 0 Å². The Morgan fingerprint density at radius 2 is 1.90 bits per heavy atom. The monoisotopic (exact) mass is 294 g/mol. The second-order valence-electron chi connectivity index (χ2n) is 4.38. The highest BCUT2D eigenvalue weighted by molar-refractivity contribution is 7.94. The Morgan fingerprint density at radius 1 is 1.20 bits per heavy atom. The largest absolute Gasteiger partial charge is 0.570 e. The molecule has 4 nitrogen and oxygen atoms in total. The third-order valence-electron chi connectivity index (χ3n) is 2.84. The zero-order chi connectivity index (χ0) is 14.8. The summed E-state index contributed by atoms with van der Waals surface area (Å²) in [4.78, 5) is 0.0657. The van der Waals surface area contributed by atoms with Gasteiger partial charge in [0.25, 0.3) is 0 Å². The molecule has 0 aliphatic rings. The first-order chi connectivity index (χ1) is 9.44. The Hall–Kier alpha value is -1.92. The molecule has 0 unspecified atom stereocenters. The van der Waals surface area contributed by atoms with Crippen LogP contribution in [0.4, 0.5) is 10.1 Å². The second-order valence-corrected chi connectivity index (χ2v) is 5.95. The average molecular weight is 294 g/mol. The van der Waals surface area contributed by atoms with Crippen LogP contribution in [0.15, 0.2) is 47.4 Å². The first-order valence-electron chi connectivity index (χ1n) is 6.05. The highest BCUT2D eigenvalue weighted by Crippen LogP contribution is 2.31. The summed E-state index contributed by atoms with van der Waals surface area (Å²) in [6, 6.07) is 10.6. The molecular formula is C14H15FN2O2S. The number of quaternary nitrogens is 1. The van der Waals surface area contributed by atoms with E-state index in [1.165, 1.54) is 18.2 Å². The van der Waals surface area contributed by atoms with Gasteiger partial charge in [-0.15, -0.1) is 0 Å². The maximum absolute atomic E-state index is 13.6. The Balaban J connectivity index is 2.43. The van der Waals surface area contributed by atoms with Crippen LogP contribution in [-0.4, -0.2) is 8.42 Å². The third kappa shape index (κ3) is 2.97. The smallest absolute Gasteiger partial charge is 0.123 e. The number of hydrogen-bond acceptors (Lipinski definition) is 2. The predicted molar refractivity (Wildman–Crippen MR) is 74.4 cm³/mol. The van der Waals surface area contributed by atoms with Crippen molar-refractivity contribution in [3.8, 4) is 0 Å². The van der Waals surface area contributed by atoms with Crippen LogP contribution in [-0.2, 0) is 16.6 Å². The molecule has 0 aliphatic carbocycles. The van der Waals surface area contributed by atoms with E-state index < -0.39 is 15.8 Å². The van der Waals surface area contributed by atoms with Crippen LogP contribution in [0.2, 0.25) is 0 Å². The lowest BCUT2D eigenvalue weighted by Gasteiger charge is -2.24. The molecule has 3 N–H and O–H groups in total. The summed E-state index contributed by atoms with van der Waals surface area (Å²) in [7, 11) is -3.95. The number of nitrogens with zero attached hydrogens (tertiary/aromatic N) is 1. The summed E-state index contributed by atoms with van der Waals surface area (Å²) >= 11 is 0. The molecule has 0 aliphatic heterocycles. The SMILES string of the molecule is Cc1ccc(F)c([N-]S(=O)(=O)c2ccccc2C[NH3+])c1. The van der Waals surface area contributed by atoms with Crippen molar-refractivity contribution in [2.75, 3.05) is 0 Å². The molecule has 0 atom stereocenters. The van der Waals surface area contributed by atoms with Crippen molar-refractivity contribution in [3.05, 3.63) is 64.1 Å². The van der Waals surface area contributed by atoms with E-state index >= 15 is 0 Å². The molecule has 0 fully saturated rings. The summed E-state index contributed by atoms with van der Waals surface area (Å²) in [5.41, 5.74) is 4.81. The zero-order valence-corrected chi connectivity index (χ0v) is 11.8. The van der Waals surface area contributed by atoms with Gasteiger partial charge in [0.05, 0.1) is 4.90 Å². The van der Waals surface area contributed by atoms with Crippen LogP contribution in [0.5, 0.6) is 0 Å². The minimum absolute atomic E-state index is 0.0657. The molecule has 0 spiro atoms. The summed E-state index contributed by atoms with van der Waals surface area (Å²) in [6.45, 7) is 2.07. The van der Waals surface area contributed by atoms with E-state index in [2.05, 4.69) is 10.5 Å². The molecule has 2 aromatic carbocycles. The second kappa shape index (κ2) is 5.60. The molecule has 0 saturated carbocycles. The van der Waals surface area contributed by atoms with E-state index in [0.717, 1.165) is 5.56 Å². The lowest BCUT2D eigenvalue weighted by molar-refractivity contribution is -0.387. The summed E-state index contributed by atoms with van der Waals surface area (Å²) in [5, 5.41) is 0. The summed E-state index contributed by atoms with van der Waals surface area (Å²) < 4.78 is 41.8. The van der Waals surface area contributed by atoms with Crippen LogP contribution in [0.25, 0.3) is 4.72 Å². The molecule has 6 heteroatoms. The van der Waals surface area contributed by atoms with E-state index in [9.17, 15) is 12.8 Å². The summed E-state index contributed by atoms with van der Waals surface area (Å²) in [5.74, 6) is -0.661. The molecular weight excluding hydrogens is 279 g/mol. The van der Waals surface area contributed by atoms with Crippen molar-refractivity contribution in [3.63, 3.8) is 0 Å². The van der Waals surface area contributed by atoms with Gasteiger partial charge < -0.3 is 10.5 Å². The van der Waals surface area contributed by atoms with Gasteiger partial charge in [-0.1, -0.05) is 41.6 Å². The molecule has 0 saturated heterocycles. The minimum Gasteiger partial charge on any atom is -0.570 e. The molecule has 0 amide bonds. The molecule has 0 bridgehead atoms. The Kier molecular flexibility index (Phi) is 4.06. The van der Waals surface area contributed by atoms with Crippen molar-refractivity contribution in [1.29, 1.82) is 0 Å². The minimum atomic E-state index is -3.95. The van der Waals surface area contributed by atoms with Crippen molar-refractivity contribution in [2.24, 2.45) is 0 Å². The maximum Gasteiger partial charge on any atom is 0.123 e. The van der Waals surface area contributed by atoms with E-state index in [-0.39, 0.29) is 10.6 Å². The number of rotatable bonds is 4. The molecule has 0 heterocycles. The van der Waals surface area contributed by atoms with E-state index in [0.29, 0.717) is 12.1 Å². The van der Waals surface area contributed by atoms with Crippen molar-refractivity contribution < 1.29 is 18.5 Å². The molecule has 0 aromatic heterocycles. The van der Waals surface area contributed by atoms with Gasteiger partial charge >= 0.3 is 0 Å². The van der Waals surface area contributed by atoms with Gasteiger partial charge in [0.2, 0.25) is 0 Å². The Labute approximate surface area is 117 Å². The third-order valence-corrected chi connectivity index (χ3v) is 4.23. The van der Waals surface area contributed by atoms with E-state index in [1.807, 2.05) is 0 Å². The van der Waals surface area contributed by atoms with Gasteiger partial charge in [-0.25, -0.2) is 12.8 Å². The fourth-order valence-electron chi connectivity index (χ4n) is 1.83. The van der Waals surface area contributed by atoms with Crippen molar-refractivity contribution in [1.82, 2.24) is 0 Å². The number of hydrogen-bond donors (Lipinski definition) is 1. The predicted octanol–water partition coefficient (Wildman–Crippen LogP) is 2.27. The highest BCUT2D eigenvalue weighted by Gasteiger charge is 2.11. The van der Waals surface area contributed by atoms with E-state index in [4.69, 9.17) is 0 Å². The van der Waals surface area contributed by atoms with Crippen LogP contribution in [0.3, 0.4) is 0 Å². The van der Waals surface area contributed by atoms with Crippen LogP contribution in [0, 0.1) is 12.7 Å². The van der Waals surface area contributed by atoms with Crippen LogP contribution in [0.1, 0.15) is 11.1 Å². The normalized spacial score (nSPS) is 11.3.